The van der Waals surface area contributed by atoms with Crippen molar-refractivity contribution in [1.82, 2.24) is 5.32 Å². The van der Waals surface area contributed by atoms with Gasteiger partial charge >= 0.3 is 0 Å². The molecular weight excluding hydrogens is 310 g/mol. The number of aryl methyl sites for hydroxylation is 2. The van der Waals surface area contributed by atoms with Crippen LogP contribution in [0.15, 0.2) is 48.5 Å². The molecular formula is C22H29NO2. The molecule has 0 aliphatic heterocycles. The predicted molar refractivity (Wildman–Crippen MR) is 103 cm³/mol. The molecule has 0 aliphatic rings. The van der Waals surface area contributed by atoms with Gasteiger partial charge in [0.2, 0.25) is 0 Å². The van der Waals surface area contributed by atoms with E-state index in [0.717, 1.165) is 23.3 Å². The van der Waals surface area contributed by atoms with Crippen molar-refractivity contribution in [3.05, 3.63) is 65.2 Å². The highest BCUT2D eigenvalue weighted by molar-refractivity contribution is 5.81. The smallest absolute Gasteiger partial charge is 0.261 e. The fourth-order valence-corrected chi connectivity index (χ4v) is 3.05. The molecule has 0 saturated heterocycles. The first-order valence-electron chi connectivity index (χ1n) is 8.90. The number of hydrogen-bond donors (Lipinski definition) is 1. The highest BCUT2D eigenvalue weighted by atomic mass is 16.5. The number of carbonyl (C=O) groups excluding carboxylic acids is 1. The van der Waals surface area contributed by atoms with Crippen molar-refractivity contribution in [3.63, 3.8) is 0 Å². The van der Waals surface area contributed by atoms with Crippen LogP contribution in [0.4, 0.5) is 0 Å². The van der Waals surface area contributed by atoms with Crippen LogP contribution < -0.4 is 10.1 Å². The Bertz CT molecular complexity index is 687. The standard InChI is InChI=1S/C22H29NO2/c1-6-20(25-19-13-16(2)12-17(3)14-19)21(24)23-22(4,5)15-18-10-8-7-9-11-18/h7-14,20H,6,15H2,1-5H3,(H,23,24). The lowest BCUT2D eigenvalue weighted by Gasteiger charge is -2.29. The second-order valence-electron chi connectivity index (χ2n) is 7.37. The summed E-state index contributed by atoms with van der Waals surface area (Å²) >= 11 is 0. The molecule has 1 atom stereocenters. The molecule has 134 valence electrons. The predicted octanol–water partition coefficient (Wildman–Crippen LogP) is 4.60. The van der Waals surface area contributed by atoms with Crippen LogP contribution in [0.3, 0.4) is 0 Å². The van der Waals surface area contributed by atoms with Crippen LogP contribution in [0.5, 0.6) is 5.75 Å². The lowest BCUT2D eigenvalue weighted by Crippen LogP contribution is -2.50. The van der Waals surface area contributed by atoms with Crippen LogP contribution in [0.1, 0.15) is 43.9 Å². The van der Waals surface area contributed by atoms with Crippen molar-refractivity contribution in [2.24, 2.45) is 0 Å². The Morgan fingerprint density at radius 1 is 1.08 bits per heavy atom. The third-order valence-electron chi connectivity index (χ3n) is 4.09. The Balaban J connectivity index is 2.03. The van der Waals surface area contributed by atoms with Gasteiger partial charge in [-0.1, -0.05) is 43.3 Å². The first-order valence-corrected chi connectivity index (χ1v) is 8.90. The van der Waals surface area contributed by atoms with Crippen LogP contribution in [0, 0.1) is 13.8 Å². The van der Waals surface area contributed by atoms with Gasteiger partial charge in [-0.05, 0) is 69.4 Å². The van der Waals surface area contributed by atoms with Crippen molar-refractivity contribution in [3.8, 4) is 5.75 Å². The number of nitrogens with one attached hydrogen (secondary N) is 1. The average Bonchev–Trinajstić information content (AvgIpc) is 2.51. The fraction of sp³-hybridized carbons (Fsp3) is 0.409. The molecule has 0 aliphatic carbocycles. The summed E-state index contributed by atoms with van der Waals surface area (Å²) in [5.41, 5.74) is 3.14. The molecule has 1 N–H and O–H groups in total. The minimum absolute atomic E-state index is 0.0670. The maximum absolute atomic E-state index is 12.7. The maximum atomic E-state index is 12.7. The van der Waals surface area contributed by atoms with Crippen molar-refractivity contribution in [2.75, 3.05) is 0 Å². The van der Waals surface area contributed by atoms with E-state index < -0.39 is 6.10 Å². The topological polar surface area (TPSA) is 38.3 Å². The SMILES string of the molecule is CCC(Oc1cc(C)cc(C)c1)C(=O)NC(C)(C)Cc1ccccc1. The number of rotatable bonds is 7. The molecule has 3 heteroatoms. The molecule has 2 rings (SSSR count). The lowest BCUT2D eigenvalue weighted by molar-refractivity contribution is -0.129. The van der Waals surface area contributed by atoms with E-state index in [1.54, 1.807) is 0 Å². The first-order chi connectivity index (χ1) is 11.8. The Morgan fingerprint density at radius 3 is 2.24 bits per heavy atom. The zero-order valence-corrected chi connectivity index (χ0v) is 15.9. The summed E-state index contributed by atoms with van der Waals surface area (Å²) in [6, 6.07) is 16.2. The van der Waals surface area contributed by atoms with Crippen LogP contribution in [0.2, 0.25) is 0 Å². The van der Waals surface area contributed by atoms with Crippen LogP contribution in [-0.2, 0) is 11.2 Å². The Labute approximate surface area is 151 Å². The summed E-state index contributed by atoms with van der Waals surface area (Å²) in [7, 11) is 0. The van der Waals surface area contributed by atoms with Gasteiger partial charge in [-0.2, -0.15) is 0 Å². The number of benzene rings is 2. The summed E-state index contributed by atoms with van der Waals surface area (Å²) in [4.78, 5) is 12.7. The number of hydrogen-bond acceptors (Lipinski definition) is 2. The van der Waals surface area contributed by atoms with E-state index in [2.05, 4.69) is 23.5 Å². The zero-order valence-electron chi connectivity index (χ0n) is 15.9. The van der Waals surface area contributed by atoms with Gasteiger partial charge in [0.1, 0.15) is 5.75 Å². The summed E-state index contributed by atoms with van der Waals surface area (Å²) in [6.45, 7) is 10.1. The molecule has 0 heterocycles. The monoisotopic (exact) mass is 339 g/mol. The Hall–Kier alpha value is -2.29. The third-order valence-corrected chi connectivity index (χ3v) is 4.09. The van der Waals surface area contributed by atoms with Gasteiger partial charge in [0.05, 0.1) is 0 Å². The molecule has 2 aromatic rings. The van der Waals surface area contributed by atoms with Crippen molar-refractivity contribution in [2.45, 2.75) is 59.1 Å². The third kappa shape index (κ3) is 5.93. The number of carbonyl (C=O) groups is 1. The summed E-state index contributed by atoms with van der Waals surface area (Å²) < 4.78 is 5.97. The maximum Gasteiger partial charge on any atom is 0.261 e. The second-order valence-corrected chi connectivity index (χ2v) is 7.37. The second kappa shape index (κ2) is 8.19. The zero-order chi connectivity index (χ0) is 18.4. The molecule has 0 fully saturated rings. The van der Waals surface area contributed by atoms with E-state index in [9.17, 15) is 4.79 Å². The quantitative estimate of drug-likeness (QED) is 0.801. The van der Waals surface area contributed by atoms with E-state index in [4.69, 9.17) is 4.74 Å². The van der Waals surface area contributed by atoms with Crippen molar-refractivity contribution in [1.29, 1.82) is 0 Å². The largest absolute Gasteiger partial charge is 0.481 e. The number of ether oxygens (including phenoxy) is 1. The normalized spacial score (nSPS) is 12.5. The van der Waals surface area contributed by atoms with E-state index in [1.165, 1.54) is 5.56 Å². The van der Waals surface area contributed by atoms with Gasteiger partial charge in [0.25, 0.3) is 5.91 Å². The highest BCUT2D eigenvalue weighted by Crippen LogP contribution is 2.19. The van der Waals surface area contributed by atoms with Crippen LogP contribution >= 0.6 is 0 Å². The average molecular weight is 339 g/mol. The highest BCUT2D eigenvalue weighted by Gasteiger charge is 2.26. The van der Waals surface area contributed by atoms with Crippen molar-refractivity contribution >= 4 is 5.91 Å². The molecule has 0 radical (unpaired) electrons. The molecule has 0 spiro atoms. The summed E-state index contributed by atoms with van der Waals surface area (Å²) in [5, 5.41) is 3.14. The molecule has 2 aromatic carbocycles. The Kier molecular flexibility index (Phi) is 6.24. The summed E-state index contributed by atoms with van der Waals surface area (Å²) in [5.74, 6) is 0.683. The number of amides is 1. The van der Waals surface area contributed by atoms with Gasteiger partial charge in [-0.3, -0.25) is 4.79 Å². The van der Waals surface area contributed by atoms with Crippen LogP contribution in [-0.4, -0.2) is 17.6 Å². The molecule has 0 aromatic heterocycles. The molecule has 3 nitrogen and oxygen atoms in total. The van der Waals surface area contributed by atoms with Crippen molar-refractivity contribution < 1.29 is 9.53 Å². The van der Waals surface area contributed by atoms with E-state index in [1.807, 2.05) is 65.0 Å². The molecule has 1 unspecified atom stereocenters. The van der Waals surface area contributed by atoms with Crippen LogP contribution in [0.25, 0.3) is 0 Å². The van der Waals surface area contributed by atoms with Gasteiger partial charge in [0, 0.05) is 5.54 Å². The van der Waals surface area contributed by atoms with Gasteiger partial charge < -0.3 is 10.1 Å². The summed E-state index contributed by atoms with van der Waals surface area (Å²) in [6.07, 6.45) is 0.913. The lowest BCUT2D eigenvalue weighted by atomic mass is 9.94. The van der Waals surface area contributed by atoms with E-state index >= 15 is 0 Å². The van der Waals surface area contributed by atoms with Gasteiger partial charge in [-0.15, -0.1) is 0 Å². The van der Waals surface area contributed by atoms with E-state index in [0.29, 0.717) is 6.42 Å². The first kappa shape index (κ1) is 19.0. The molecule has 0 bridgehead atoms. The minimum Gasteiger partial charge on any atom is -0.481 e. The van der Waals surface area contributed by atoms with Gasteiger partial charge in [0.15, 0.2) is 6.10 Å². The molecule has 25 heavy (non-hydrogen) atoms. The molecule has 1 amide bonds. The Morgan fingerprint density at radius 2 is 1.68 bits per heavy atom. The van der Waals surface area contributed by atoms with Gasteiger partial charge in [-0.25, -0.2) is 0 Å². The minimum atomic E-state index is -0.490. The fourth-order valence-electron chi connectivity index (χ4n) is 3.05. The van der Waals surface area contributed by atoms with E-state index in [-0.39, 0.29) is 11.4 Å². The molecule has 0 saturated carbocycles.